The Hall–Kier alpha value is -2.00. The number of carbonyl (C=O) groups is 1. The smallest absolute Gasteiger partial charge is 0.232 e. The lowest BCUT2D eigenvalue weighted by molar-refractivity contribution is -0.122. The van der Waals surface area contributed by atoms with Gasteiger partial charge in [0.05, 0.1) is 23.8 Å². The van der Waals surface area contributed by atoms with Gasteiger partial charge in [0.2, 0.25) is 5.91 Å². The Kier molecular flexibility index (Phi) is 3.74. The van der Waals surface area contributed by atoms with E-state index in [1.807, 2.05) is 47.4 Å². The summed E-state index contributed by atoms with van der Waals surface area (Å²) in [4.78, 5) is 15.1. The van der Waals surface area contributed by atoms with E-state index in [1.165, 1.54) is 0 Å². The fourth-order valence-electron chi connectivity index (χ4n) is 3.71. The number of nitrogens with zero attached hydrogens (tertiary/aromatic N) is 1. The summed E-state index contributed by atoms with van der Waals surface area (Å²) in [5.41, 5.74) is 3.13. The van der Waals surface area contributed by atoms with Crippen LogP contribution < -0.4 is 10.2 Å². The van der Waals surface area contributed by atoms with Crippen LogP contribution in [0.15, 0.2) is 48.5 Å². The van der Waals surface area contributed by atoms with Crippen LogP contribution >= 0.6 is 11.6 Å². The van der Waals surface area contributed by atoms with Crippen LogP contribution in [-0.4, -0.2) is 11.9 Å². The van der Waals surface area contributed by atoms with E-state index in [-0.39, 0.29) is 17.9 Å². The van der Waals surface area contributed by atoms with Gasteiger partial charge in [-0.1, -0.05) is 42.3 Å². The summed E-state index contributed by atoms with van der Waals surface area (Å²) in [6, 6.07) is 16.1. The molecule has 1 aliphatic heterocycles. The van der Waals surface area contributed by atoms with E-state index in [9.17, 15) is 4.79 Å². The molecule has 1 amide bonds. The summed E-state index contributed by atoms with van der Waals surface area (Å²) in [6.45, 7) is 0.581. The molecule has 2 aromatic rings. The van der Waals surface area contributed by atoms with Crippen molar-refractivity contribution in [2.24, 2.45) is 5.92 Å². The first-order chi connectivity index (χ1) is 11.2. The first kappa shape index (κ1) is 14.6. The molecular weight excluding hydrogens is 308 g/mol. The SMILES string of the molecule is O=C1[C@H]2CCC[C@H]2Nc2ccccc2N1Cc1ccc(Cl)cc1. The number of rotatable bonds is 2. The third-order valence-corrected chi connectivity index (χ3v) is 5.14. The first-order valence-corrected chi connectivity index (χ1v) is 8.51. The Balaban J connectivity index is 1.73. The van der Waals surface area contributed by atoms with Gasteiger partial charge in [0.1, 0.15) is 0 Å². The van der Waals surface area contributed by atoms with Gasteiger partial charge in [0.15, 0.2) is 0 Å². The average Bonchev–Trinajstić information content (AvgIpc) is 2.99. The molecule has 1 fully saturated rings. The maximum atomic E-state index is 13.1. The lowest BCUT2D eigenvalue weighted by atomic mass is 10.0. The molecule has 2 aliphatic rings. The fourth-order valence-corrected chi connectivity index (χ4v) is 3.84. The Labute approximate surface area is 141 Å². The molecule has 0 spiro atoms. The fraction of sp³-hybridized carbons (Fsp3) is 0.316. The van der Waals surface area contributed by atoms with Gasteiger partial charge in [-0.05, 0) is 42.7 Å². The minimum Gasteiger partial charge on any atom is -0.380 e. The predicted octanol–water partition coefficient (Wildman–Crippen LogP) is 4.47. The van der Waals surface area contributed by atoms with E-state index in [1.54, 1.807) is 0 Å². The molecule has 0 aromatic heterocycles. The summed E-state index contributed by atoms with van der Waals surface area (Å²) in [6.07, 6.45) is 3.16. The quantitative estimate of drug-likeness (QED) is 0.883. The molecule has 1 saturated carbocycles. The normalized spacial score (nSPS) is 23.0. The topological polar surface area (TPSA) is 32.3 Å². The maximum Gasteiger partial charge on any atom is 0.232 e. The molecule has 4 heteroatoms. The summed E-state index contributed by atoms with van der Waals surface area (Å²) in [7, 11) is 0. The van der Waals surface area contributed by atoms with Gasteiger partial charge >= 0.3 is 0 Å². The van der Waals surface area contributed by atoms with Gasteiger partial charge < -0.3 is 10.2 Å². The number of halogens is 1. The minimum absolute atomic E-state index is 0.0784. The molecule has 23 heavy (non-hydrogen) atoms. The van der Waals surface area contributed by atoms with Crippen molar-refractivity contribution < 1.29 is 4.79 Å². The number of anilines is 2. The van der Waals surface area contributed by atoms with E-state index in [4.69, 9.17) is 11.6 Å². The van der Waals surface area contributed by atoms with Gasteiger partial charge in [-0.15, -0.1) is 0 Å². The lowest BCUT2D eigenvalue weighted by Gasteiger charge is -2.25. The number of carbonyl (C=O) groups excluding carboxylic acids is 1. The summed E-state index contributed by atoms with van der Waals surface area (Å²) < 4.78 is 0. The Morgan fingerprint density at radius 2 is 1.87 bits per heavy atom. The Morgan fingerprint density at radius 3 is 2.70 bits per heavy atom. The third kappa shape index (κ3) is 2.70. The molecule has 0 saturated heterocycles. The molecule has 118 valence electrons. The highest BCUT2D eigenvalue weighted by atomic mass is 35.5. The second-order valence-electron chi connectivity index (χ2n) is 6.36. The van der Waals surface area contributed by atoms with Crippen LogP contribution in [-0.2, 0) is 11.3 Å². The highest BCUT2D eigenvalue weighted by Gasteiger charge is 2.39. The van der Waals surface area contributed by atoms with Gasteiger partial charge in [-0.3, -0.25) is 4.79 Å². The van der Waals surface area contributed by atoms with E-state index in [2.05, 4.69) is 11.4 Å². The van der Waals surface area contributed by atoms with Crippen LogP contribution in [0.3, 0.4) is 0 Å². The van der Waals surface area contributed by atoms with Gasteiger partial charge in [0, 0.05) is 11.1 Å². The van der Waals surface area contributed by atoms with Crippen molar-refractivity contribution in [1.82, 2.24) is 0 Å². The number of amides is 1. The second-order valence-corrected chi connectivity index (χ2v) is 6.79. The molecule has 0 bridgehead atoms. The van der Waals surface area contributed by atoms with Crippen LogP contribution in [0.2, 0.25) is 5.02 Å². The summed E-state index contributed by atoms with van der Waals surface area (Å²) >= 11 is 5.97. The summed E-state index contributed by atoms with van der Waals surface area (Å²) in [5.74, 6) is 0.314. The van der Waals surface area contributed by atoms with Crippen LogP contribution in [0.5, 0.6) is 0 Å². The number of para-hydroxylation sites is 2. The number of hydrogen-bond donors (Lipinski definition) is 1. The van der Waals surface area contributed by atoms with Crippen molar-refractivity contribution in [2.75, 3.05) is 10.2 Å². The largest absolute Gasteiger partial charge is 0.380 e. The van der Waals surface area contributed by atoms with Crippen molar-refractivity contribution in [2.45, 2.75) is 31.8 Å². The Bertz CT molecular complexity index is 728. The van der Waals surface area contributed by atoms with Gasteiger partial charge in [0.25, 0.3) is 0 Å². The van der Waals surface area contributed by atoms with Crippen molar-refractivity contribution in [1.29, 1.82) is 0 Å². The third-order valence-electron chi connectivity index (χ3n) is 4.89. The molecule has 1 heterocycles. The molecule has 2 atom stereocenters. The van der Waals surface area contributed by atoms with E-state index in [0.717, 1.165) is 36.2 Å². The van der Waals surface area contributed by atoms with E-state index < -0.39 is 0 Å². The van der Waals surface area contributed by atoms with E-state index >= 15 is 0 Å². The number of fused-ring (bicyclic) bond motifs is 2. The monoisotopic (exact) mass is 326 g/mol. The van der Waals surface area contributed by atoms with Crippen molar-refractivity contribution in [3.8, 4) is 0 Å². The number of hydrogen-bond acceptors (Lipinski definition) is 2. The molecular formula is C19H19ClN2O. The molecule has 0 unspecified atom stereocenters. The van der Waals surface area contributed by atoms with Crippen molar-refractivity contribution in [3.63, 3.8) is 0 Å². The van der Waals surface area contributed by atoms with Gasteiger partial charge in [-0.2, -0.15) is 0 Å². The lowest BCUT2D eigenvalue weighted by Crippen LogP contribution is -2.38. The average molecular weight is 327 g/mol. The van der Waals surface area contributed by atoms with Gasteiger partial charge in [-0.25, -0.2) is 0 Å². The highest BCUT2D eigenvalue weighted by molar-refractivity contribution is 6.30. The van der Waals surface area contributed by atoms with Crippen LogP contribution in [0.25, 0.3) is 0 Å². The highest BCUT2D eigenvalue weighted by Crippen LogP contribution is 2.39. The molecule has 0 radical (unpaired) electrons. The standard InChI is InChI=1S/C19H19ClN2O/c20-14-10-8-13(9-11-14)12-22-18-7-2-1-5-17(18)21-16-6-3-4-15(16)19(22)23/h1-2,5,7-11,15-16,21H,3-4,6,12H2/t15-,16+/m0/s1. The molecule has 4 rings (SSSR count). The van der Waals surface area contributed by atoms with Crippen LogP contribution in [0, 0.1) is 5.92 Å². The predicted molar refractivity (Wildman–Crippen MR) is 93.8 cm³/mol. The minimum atomic E-state index is 0.0784. The van der Waals surface area contributed by atoms with E-state index in [0.29, 0.717) is 11.6 Å². The van der Waals surface area contributed by atoms with Crippen molar-refractivity contribution >= 4 is 28.9 Å². The van der Waals surface area contributed by atoms with Crippen LogP contribution in [0.1, 0.15) is 24.8 Å². The molecule has 1 N–H and O–H groups in total. The number of nitrogens with one attached hydrogen (secondary N) is 1. The van der Waals surface area contributed by atoms with Crippen molar-refractivity contribution in [3.05, 3.63) is 59.1 Å². The first-order valence-electron chi connectivity index (χ1n) is 8.14. The zero-order valence-corrected chi connectivity index (χ0v) is 13.6. The number of benzene rings is 2. The summed E-state index contributed by atoms with van der Waals surface area (Å²) in [5, 5.41) is 4.31. The molecule has 1 aliphatic carbocycles. The maximum absolute atomic E-state index is 13.1. The zero-order chi connectivity index (χ0) is 15.8. The zero-order valence-electron chi connectivity index (χ0n) is 12.8. The molecule has 2 aromatic carbocycles. The molecule has 3 nitrogen and oxygen atoms in total. The van der Waals surface area contributed by atoms with Crippen LogP contribution in [0.4, 0.5) is 11.4 Å². The Morgan fingerprint density at radius 1 is 1.09 bits per heavy atom. The second kappa shape index (κ2) is 5.89.